The second kappa shape index (κ2) is 7.57. The fourth-order valence-electron chi connectivity index (χ4n) is 2.11. The number of benzene rings is 2. The summed E-state index contributed by atoms with van der Waals surface area (Å²) in [5.74, 6) is 0.432. The first kappa shape index (κ1) is 17.3. The van der Waals surface area contributed by atoms with E-state index in [2.05, 4.69) is 5.32 Å². The zero-order valence-corrected chi connectivity index (χ0v) is 15.4. The highest BCUT2D eigenvalue weighted by Gasteiger charge is 2.22. The summed E-state index contributed by atoms with van der Waals surface area (Å²) < 4.78 is 6.32. The maximum Gasteiger partial charge on any atom is 0.263 e. The largest absolute Gasteiger partial charge is 0.488 e. The first-order valence-electron chi connectivity index (χ1n) is 6.94. The number of hydrogen-bond acceptors (Lipinski definition) is 4. The van der Waals surface area contributed by atoms with Crippen molar-refractivity contribution in [2.45, 2.75) is 6.61 Å². The Balaban J connectivity index is 1.84. The molecule has 0 atom stereocenters. The molecular weight excluding hydrogens is 385 g/mol. The Hall–Kier alpha value is -1.53. The molecule has 0 spiro atoms. The summed E-state index contributed by atoms with van der Waals surface area (Å²) in [6.45, 7) is 0.233. The molecule has 2 aromatic carbocycles. The number of ether oxygens (including phenoxy) is 1. The van der Waals surface area contributed by atoms with Crippen LogP contribution in [0, 0.1) is 0 Å². The minimum Gasteiger partial charge on any atom is -0.488 e. The van der Waals surface area contributed by atoms with Crippen LogP contribution in [0.2, 0.25) is 10.0 Å². The van der Waals surface area contributed by atoms with Gasteiger partial charge in [0.15, 0.2) is 0 Å². The van der Waals surface area contributed by atoms with Crippen LogP contribution in [0.3, 0.4) is 0 Å². The highest BCUT2D eigenvalue weighted by atomic mass is 35.5. The van der Waals surface area contributed by atoms with Crippen LogP contribution in [0.25, 0.3) is 6.08 Å². The molecule has 0 bridgehead atoms. The predicted molar refractivity (Wildman–Crippen MR) is 104 cm³/mol. The lowest BCUT2D eigenvalue weighted by atomic mass is 10.2. The molecule has 0 saturated carbocycles. The standard InChI is InChI=1S/C17H11Cl2NO2S2/c18-12-5-3-6-13(19)11(12)9-22-14-7-2-1-4-10(14)8-15-16(21)20-17(23)24-15/h1-8H,9H2,(H,20,21,23)/b15-8-. The van der Waals surface area contributed by atoms with Crippen molar-refractivity contribution in [3.8, 4) is 5.75 Å². The fraction of sp³-hybridized carbons (Fsp3) is 0.0588. The third-order valence-corrected chi connectivity index (χ3v) is 5.15. The van der Waals surface area contributed by atoms with Gasteiger partial charge in [-0.2, -0.15) is 0 Å². The van der Waals surface area contributed by atoms with E-state index in [1.54, 1.807) is 24.3 Å². The molecule has 1 saturated heterocycles. The number of nitrogens with one attached hydrogen (secondary N) is 1. The Labute approximate surface area is 159 Å². The van der Waals surface area contributed by atoms with Gasteiger partial charge in [0.2, 0.25) is 0 Å². The molecular formula is C17H11Cl2NO2S2. The molecule has 0 unspecified atom stereocenters. The lowest BCUT2D eigenvalue weighted by molar-refractivity contribution is -0.115. The van der Waals surface area contributed by atoms with Crippen molar-refractivity contribution >= 4 is 63.5 Å². The Morgan fingerprint density at radius 3 is 2.50 bits per heavy atom. The molecule has 1 fully saturated rings. The normalized spacial score (nSPS) is 15.7. The van der Waals surface area contributed by atoms with Crippen LogP contribution in [-0.4, -0.2) is 10.2 Å². The van der Waals surface area contributed by atoms with Gasteiger partial charge in [0.1, 0.15) is 16.7 Å². The van der Waals surface area contributed by atoms with Crippen LogP contribution in [0.5, 0.6) is 5.75 Å². The van der Waals surface area contributed by atoms with Gasteiger partial charge in [-0.1, -0.05) is 71.4 Å². The SMILES string of the molecule is O=C1NC(=S)S/C1=C\c1ccccc1OCc1c(Cl)cccc1Cl. The molecule has 0 radical (unpaired) electrons. The molecule has 7 heteroatoms. The summed E-state index contributed by atoms with van der Waals surface area (Å²) in [6.07, 6.45) is 1.75. The van der Waals surface area contributed by atoms with E-state index >= 15 is 0 Å². The van der Waals surface area contributed by atoms with Crippen LogP contribution in [-0.2, 0) is 11.4 Å². The molecule has 3 nitrogen and oxygen atoms in total. The zero-order chi connectivity index (χ0) is 17.1. The lowest BCUT2D eigenvalue weighted by Crippen LogP contribution is -2.17. The maximum atomic E-state index is 11.8. The molecule has 1 heterocycles. The molecule has 0 aromatic heterocycles. The predicted octanol–water partition coefficient (Wildman–Crippen LogP) is 5.06. The molecule has 1 amide bonds. The monoisotopic (exact) mass is 395 g/mol. The van der Waals surface area contributed by atoms with E-state index in [0.717, 1.165) is 11.1 Å². The van der Waals surface area contributed by atoms with Crippen molar-refractivity contribution in [3.05, 3.63) is 68.5 Å². The number of carbonyl (C=O) groups excluding carboxylic acids is 1. The summed E-state index contributed by atoms with van der Waals surface area (Å²) in [4.78, 5) is 12.3. The van der Waals surface area contributed by atoms with Crippen molar-refractivity contribution in [1.29, 1.82) is 0 Å². The van der Waals surface area contributed by atoms with Crippen LogP contribution in [0.4, 0.5) is 0 Å². The number of para-hydroxylation sites is 1. The van der Waals surface area contributed by atoms with Gasteiger partial charge in [-0.15, -0.1) is 0 Å². The maximum absolute atomic E-state index is 11.8. The summed E-state index contributed by atoms with van der Waals surface area (Å²) in [5, 5.41) is 3.69. The van der Waals surface area contributed by atoms with Gasteiger partial charge < -0.3 is 10.1 Å². The average Bonchev–Trinajstić information content (AvgIpc) is 2.86. The first-order valence-corrected chi connectivity index (χ1v) is 8.92. The van der Waals surface area contributed by atoms with Gasteiger partial charge in [0, 0.05) is 21.2 Å². The van der Waals surface area contributed by atoms with Crippen LogP contribution in [0.1, 0.15) is 11.1 Å². The van der Waals surface area contributed by atoms with Crippen molar-refractivity contribution in [2.75, 3.05) is 0 Å². The second-order valence-electron chi connectivity index (χ2n) is 4.88. The number of rotatable bonds is 4. The third kappa shape index (κ3) is 3.92. The van der Waals surface area contributed by atoms with Gasteiger partial charge in [-0.25, -0.2) is 0 Å². The van der Waals surface area contributed by atoms with Gasteiger partial charge in [0.25, 0.3) is 5.91 Å². The van der Waals surface area contributed by atoms with Crippen molar-refractivity contribution in [3.63, 3.8) is 0 Å². The molecule has 0 aliphatic carbocycles. The fourth-order valence-corrected chi connectivity index (χ4v) is 3.66. The molecule has 1 aliphatic rings. The van der Waals surface area contributed by atoms with Crippen LogP contribution in [0.15, 0.2) is 47.4 Å². The minimum absolute atomic E-state index is 0.200. The first-order chi connectivity index (χ1) is 11.5. The summed E-state index contributed by atoms with van der Waals surface area (Å²) in [5.41, 5.74) is 1.50. The summed E-state index contributed by atoms with van der Waals surface area (Å²) >= 11 is 18.5. The van der Waals surface area contributed by atoms with Gasteiger partial charge in [0.05, 0.1) is 4.91 Å². The Bertz CT molecular complexity index is 832. The summed E-state index contributed by atoms with van der Waals surface area (Å²) in [7, 11) is 0. The van der Waals surface area contributed by atoms with Crippen molar-refractivity contribution < 1.29 is 9.53 Å². The van der Waals surface area contributed by atoms with Crippen LogP contribution >= 0.6 is 47.2 Å². The highest BCUT2D eigenvalue weighted by Crippen LogP contribution is 2.31. The van der Waals surface area contributed by atoms with E-state index < -0.39 is 0 Å². The van der Waals surface area contributed by atoms with E-state index in [4.69, 9.17) is 40.2 Å². The Kier molecular flexibility index (Phi) is 5.46. The number of amides is 1. The van der Waals surface area contributed by atoms with Gasteiger partial charge in [-0.3, -0.25) is 4.79 Å². The van der Waals surface area contributed by atoms with Gasteiger partial charge in [-0.05, 0) is 24.3 Å². The van der Waals surface area contributed by atoms with Gasteiger partial charge >= 0.3 is 0 Å². The van der Waals surface area contributed by atoms with E-state index in [-0.39, 0.29) is 12.5 Å². The average molecular weight is 396 g/mol. The number of carbonyl (C=O) groups is 1. The van der Waals surface area contributed by atoms with Crippen molar-refractivity contribution in [1.82, 2.24) is 5.32 Å². The number of halogens is 2. The van der Waals surface area contributed by atoms with E-state index in [1.807, 2.05) is 24.3 Å². The molecule has 2 aromatic rings. The van der Waals surface area contributed by atoms with Crippen LogP contribution < -0.4 is 10.1 Å². The quantitative estimate of drug-likeness (QED) is 0.579. The van der Waals surface area contributed by atoms with Crippen molar-refractivity contribution in [2.24, 2.45) is 0 Å². The lowest BCUT2D eigenvalue weighted by Gasteiger charge is -2.11. The Morgan fingerprint density at radius 2 is 1.83 bits per heavy atom. The van der Waals surface area contributed by atoms with E-state index in [1.165, 1.54) is 11.8 Å². The molecule has 3 rings (SSSR count). The van der Waals surface area contributed by atoms with E-state index in [0.29, 0.717) is 25.0 Å². The minimum atomic E-state index is -0.200. The summed E-state index contributed by atoms with van der Waals surface area (Å²) in [6, 6.07) is 12.7. The zero-order valence-electron chi connectivity index (χ0n) is 12.2. The smallest absolute Gasteiger partial charge is 0.263 e. The second-order valence-corrected chi connectivity index (χ2v) is 7.41. The number of hydrogen-bond donors (Lipinski definition) is 1. The van der Waals surface area contributed by atoms with E-state index in [9.17, 15) is 4.79 Å². The molecule has 1 aliphatic heterocycles. The number of thiocarbonyl (C=S) groups is 1. The third-order valence-electron chi connectivity index (χ3n) is 3.28. The Morgan fingerprint density at radius 1 is 1.12 bits per heavy atom. The molecule has 1 N–H and O–H groups in total. The number of thioether (sulfide) groups is 1. The topological polar surface area (TPSA) is 38.3 Å². The highest BCUT2D eigenvalue weighted by molar-refractivity contribution is 8.26. The molecule has 24 heavy (non-hydrogen) atoms. The molecule has 122 valence electrons.